The van der Waals surface area contributed by atoms with Crippen LogP contribution in [0.2, 0.25) is 0 Å². The minimum atomic E-state index is -0.578. The van der Waals surface area contributed by atoms with E-state index in [-0.39, 0.29) is 11.4 Å². The minimum absolute atomic E-state index is 0.00798. The first-order valence-corrected chi connectivity index (χ1v) is 15.6. The van der Waals surface area contributed by atoms with Crippen molar-refractivity contribution in [1.82, 2.24) is 0 Å². The lowest BCUT2D eigenvalue weighted by molar-refractivity contribution is -0.181. The Morgan fingerprint density at radius 3 is 2.22 bits per heavy atom. The molecule has 2 bridgehead atoms. The predicted octanol–water partition coefficient (Wildman–Crippen LogP) is 8.56. The van der Waals surface area contributed by atoms with Gasteiger partial charge in [0.05, 0.1) is 12.0 Å². The zero-order chi connectivity index (χ0) is 25.8. The molecule has 206 valence electrons. The summed E-state index contributed by atoms with van der Waals surface area (Å²) >= 11 is 0. The van der Waals surface area contributed by atoms with E-state index in [2.05, 4.69) is 13.8 Å². The van der Waals surface area contributed by atoms with Gasteiger partial charge in [-0.1, -0.05) is 71.6 Å². The third-order valence-electron chi connectivity index (χ3n) is 11.7. The monoisotopic (exact) mass is 502 g/mol. The van der Waals surface area contributed by atoms with Crippen LogP contribution in [0.1, 0.15) is 143 Å². The second kappa shape index (κ2) is 11.8. The molecular weight excluding hydrogens is 448 g/mol. The van der Waals surface area contributed by atoms with Crippen LogP contribution in [0.4, 0.5) is 0 Å². The lowest BCUT2D eigenvalue weighted by Crippen LogP contribution is -2.58. The van der Waals surface area contributed by atoms with Gasteiger partial charge in [-0.25, -0.2) is 0 Å². The van der Waals surface area contributed by atoms with Crippen molar-refractivity contribution in [3.8, 4) is 0 Å². The van der Waals surface area contributed by atoms with E-state index >= 15 is 0 Å². The molecule has 0 amide bonds. The first kappa shape index (κ1) is 28.0. The van der Waals surface area contributed by atoms with E-state index in [4.69, 9.17) is 4.74 Å². The minimum Gasteiger partial charge on any atom is -0.481 e. The Hall–Kier alpha value is -1.06. The highest BCUT2D eigenvalue weighted by molar-refractivity contribution is 5.75. The van der Waals surface area contributed by atoms with E-state index in [9.17, 15) is 14.7 Å². The van der Waals surface area contributed by atoms with Crippen molar-refractivity contribution in [3.63, 3.8) is 0 Å². The summed E-state index contributed by atoms with van der Waals surface area (Å²) < 4.78 is 5.86. The predicted molar refractivity (Wildman–Crippen MR) is 145 cm³/mol. The van der Waals surface area contributed by atoms with E-state index in [0.29, 0.717) is 42.1 Å². The molecule has 0 aliphatic heterocycles. The number of unbranched alkanes of at least 4 members (excludes halogenated alkanes) is 8. The number of carboxylic acids is 1. The number of carbonyl (C=O) groups is 2. The smallest absolute Gasteiger partial charge is 0.309 e. The number of rotatable bonds is 13. The summed E-state index contributed by atoms with van der Waals surface area (Å²) in [5, 5.41) is 10.1. The molecule has 0 unspecified atom stereocenters. The van der Waals surface area contributed by atoms with E-state index in [1.54, 1.807) is 0 Å². The first-order chi connectivity index (χ1) is 17.2. The van der Waals surface area contributed by atoms with Crippen LogP contribution in [0.25, 0.3) is 0 Å². The van der Waals surface area contributed by atoms with Gasteiger partial charge in [0, 0.05) is 6.42 Å². The Labute approximate surface area is 220 Å². The van der Waals surface area contributed by atoms with Gasteiger partial charge in [0.15, 0.2) is 0 Å². The molecule has 4 saturated carbocycles. The molecule has 4 aliphatic carbocycles. The number of fused-ring (bicyclic) bond motifs is 3. The number of hydrogen-bond donors (Lipinski definition) is 1. The van der Waals surface area contributed by atoms with Gasteiger partial charge in [-0.05, 0) is 99.2 Å². The van der Waals surface area contributed by atoms with Crippen LogP contribution in [-0.2, 0) is 14.3 Å². The molecule has 36 heavy (non-hydrogen) atoms. The average Bonchev–Trinajstić information content (AvgIpc) is 3.10. The number of hydrogen-bond acceptors (Lipinski definition) is 3. The first-order valence-electron chi connectivity index (χ1n) is 15.6. The molecule has 0 aromatic heterocycles. The van der Waals surface area contributed by atoms with Crippen LogP contribution in [0.15, 0.2) is 0 Å². The number of aliphatic carboxylic acids is 1. The average molecular weight is 503 g/mol. The fourth-order valence-electron chi connectivity index (χ4n) is 9.89. The highest BCUT2D eigenvalue weighted by Gasteiger charge is 2.65. The van der Waals surface area contributed by atoms with Crippen LogP contribution >= 0.6 is 0 Å². The molecule has 0 heterocycles. The summed E-state index contributed by atoms with van der Waals surface area (Å²) in [6.45, 7) is 7.35. The van der Waals surface area contributed by atoms with Crippen LogP contribution in [0.3, 0.4) is 0 Å². The highest BCUT2D eigenvalue weighted by atomic mass is 16.5. The molecule has 4 fully saturated rings. The van der Waals surface area contributed by atoms with Crippen LogP contribution in [-0.4, -0.2) is 23.7 Å². The molecule has 1 N–H and O–H groups in total. The molecule has 0 saturated heterocycles. The van der Waals surface area contributed by atoms with Crippen molar-refractivity contribution in [2.24, 2.45) is 39.9 Å². The topological polar surface area (TPSA) is 63.6 Å². The Balaban J connectivity index is 1.23. The van der Waals surface area contributed by atoms with Crippen LogP contribution < -0.4 is 0 Å². The Bertz CT molecular complexity index is 763. The van der Waals surface area contributed by atoms with Gasteiger partial charge in [-0.2, -0.15) is 0 Å². The van der Waals surface area contributed by atoms with E-state index < -0.39 is 11.4 Å². The normalized spacial score (nSPS) is 39.3. The van der Waals surface area contributed by atoms with Crippen molar-refractivity contribution < 1.29 is 19.4 Å². The maximum absolute atomic E-state index is 12.5. The summed E-state index contributed by atoms with van der Waals surface area (Å²) in [4.78, 5) is 24.8. The second-order valence-corrected chi connectivity index (χ2v) is 13.9. The molecule has 4 heteroatoms. The summed E-state index contributed by atoms with van der Waals surface area (Å²) in [5.74, 6) is 1.58. The number of esters is 1. The zero-order valence-electron chi connectivity index (χ0n) is 23.6. The van der Waals surface area contributed by atoms with Gasteiger partial charge in [-0.15, -0.1) is 0 Å². The highest BCUT2D eigenvalue weighted by Crippen LogP contribution is 2.72. The Morgan fingerprint density at radius 2 is 1.53 bits per heavy atom. The summed E-state index contributed by atoms with van der Waals surface area (Å²) in [6, 6.07) is 0. The quantitative estimate of drug-likeness (QED) is 0.202. The number of carboxylic acid groups (broad SMARTS) is 1. The molecule has 4 aliphatic rings. The number of ether oxygens (including phenoxy) is 1. The fourth-order valence-corrected chi connectivity index (χ4v) is 9.89. The third-order valence-corrected chi connectivity index (χ3v) is 11.7. The Kier molecular flexibility index (Phi) is 9.14. The van der Waals surface area contributed by atoms with Crippen molar-refractivity contribution in [2.75, 3.05) is 6.61 Å². The van der Waals surface area contributed by atoms with Crippen molar-refractivity contribution in [1.29, 1.82) is 0 Å². The molecule has 0 aromatic rings. The zero-order valence-corrected chi connectivity index (χ0v) is 23.6. The van der Waals surface area contributed by atoms with Crippen LogP contribution in [0, 0.1) is 39.9 Å². The van der Waals surface area contributed by atoms with Gasteiger partial charge in [0.25, 0.3) is 0 Å². The maximum Gasteiger partial charge on any atom is 0.309 e. The Morgan fingerprint density at radius 1 is 0.833 bits per heavy atom. The van der Waals surface area contributed by atoms with Gasteiger partial charge in [0.2, 0.25) is 0 Å². The summed E-state index contributed by atoms with van der Waals surface area (Å²) in [6.07, 6.45) is 22.2. The van der Waals surface area contributed by atoms with Crippen LogP contribution in [0.5, 0.6) is 0 Å². The second-order valence-electron chi connectivity index (χ2n) is 13.9. The van der Waals surface area contributed by atoms with Crippen molar-refractivity contribution in [3.05, 3.63) is 0 Å². The van der Waals surface area contributed by atoms with Gasteiger partial charge >= 0.3 is 11.9 Å². The largest absolute Gasteiger partial charge is 0.481 e. The van der Waals surface area contributed by atoms with Crippen molar-refractivity contribution in [2.45, 2.75) is 143 Å². The lowest BCUT2D eigenvalue weighted by atomic mass is 9.41. The van der Waals surface area contributed by atoms with E-state index in [1.807, 2.05) is 6.92 Å². The third kappa shape index (κ3) is 5.53. The molecule has 1 spiro atoms. The molecule has 0 radical (unpaired) electrons. The maximum atomic E-state index is 12.5. The number of carbonyl (C=O) groups excluding carboxylic acids is 1. The SMILES string of the molecule is CCCCCCCCCCCC(=O)OC[C@@H]1C[C@@]23CC[C@H]4[C@@](C)(CCC[C@@]4(C)C(=O)O)[C@@H]2CC[C@@H]1C3. The van der Waals surface area contributed by atoms with Gasteiger partial charge in [0.1, 0.15) is 0 Å². The molecular formula is C32H54O4. The molecule has 4 nitrogen and oxygen atoms in total. The van der Waals surface area contributed by atoms with E-state index in [1.165, 1.54) is 83.5 Å². The lowest BCUT2D eigenvalue weighted by Gasteiger charge is -2.63. The standard InChI is InChI=1S/C32H54O4/c1-4-5-6-7-8-9-10-11-12-14-28(33)36-23-25-22-32-20-17-26-30(2,27(32)16-15-24(25)21-32)18-13-19-31(26,3)29(34)35/h24-27H,4-23H2,1-3H3,(H,34,35)/t24-,25+,26+,27+,30-,31-,32+/m1/s1. The van der Waals surface area contributed by atoms with Crippen molar-refractivity contribution >= 4 is 11.9 Å². The van der Waals surface area contributed by atoms with E-state index in [0.717, 1.165) is 32.1 Å². The molecule has 0 aromatic carbocycles. The summed E-state index contributed by atoms with van der Waals surface area (Å²) in [7, 11) is 0. The molecule has 7 atom stereocenters. The summed E-state index contributed by atoms with van der Waals surface area (Å²) in [5.41, 5.74) is -0.0522. The fraction of sp³-hybridized carbons (Fsp3) is 0.938. The molecule has 4 rings (SSSR count). The van der Waals surface area contributed by atoms with Gasteiger partial charge in [-0.3, -0.25) is 9.59 Å². The van der Waals surface area contributed by atoms with Gasteiger partial charge < -0.3 is 9.84 Å².